The lowest BCUT2D eigenvalue weighted by molar-refractivity contribution is 0.0692. The predicted octanol–water partition coefficient (Wildman–Crippen LogP) is 2.88. The lowest BCUT2D eigenvalue weighted by atomic mass is 10.1. The van der Waals surface area contributed by atoms with Gasteiger partial charge >= 0.3 is 5.97 Å². The lowest BCUT2D eigenvalue weighted by Gasteiger charge is -2.20. The molecular formula is C16H23NO3. The van der Waals surface area contributed by atoms with E-state index in [0.29, 0.717) is 18.4 Å². The number of rotatable bonds is 6. The average Bonchev–Trinajstić information content (AvgIpc) is 2.73. The van der Waals surface area contributed by atoms with Crippen molar-refractivity contribution in [3.05, 3.63) is 29.8 Å². The van der Waals surface area contributed by atoms with Crippen LogP contribution in [0.15, 0.2) is 24.3 Å². The van der Waals surface area contributed by atoms with E-state index < -0.39 is 5.97 Å². The number of aromatic carboxylic acids is 1. The third-order valence-corrected chi connectivity index (χ3v) is 3.88. The molecule has 1 N–H and O–H groups in total. The van der Waals surface area contributed by atoms with Crippen LogP contribution < -0.4 is 4.74 Å². The number of carbonyl (C=O) groups is 1. The molecule has 2 atom stereocenters. The number of hydrogen-bond acceptors (Lipinski definition) is 3. The number of benzene rings is 1. The number of ether oxygens (including phenoxy) is 1. The van der Waals surface area contributed by atoms with Crippen molar-refractivity contribution in [1.29, 1.82) is 0 Å². The first-order valence-corrected chi connectivity index (χ1v) is 7.27. The van der Waals surface area contributed by atoms with E-state index in [9.17, 15) is 4.79 Å². The minimum atomic E-state index is -0.942. The Balaban J connectivity index is 1.78. The number of carboxylic acid groups (broad SMARTS) is 1. The number of para-hydroxylation sites is 1. The van der Waals surface area contributed by atoms with Gasteiger partial charge in [-0.2, -0.15) is 0 Å². The fourth-order valence-corrected chi connectivity index (χ4v) is 2.92. The molecule has 0 bridgehead atoms. The molecular weight excluding hydrogens is 254 g/mol. The molecule has 20 heavy (non-hydrogen) atoms. The minimum absolute atomic E-state index is 0.232. The van der Waals surface area contributed by atoms with Crippen LogP contribution in [0.1, 0.15) is 37.0 Å². The Kier molecular flexibility index (Phi) is 5.01. The number of nitrogens with zero attached hydrogens (tertiary/aromatic N) is 1. The maximum atomic E-state index is 11.1. The zero-order valence-electron chi connectivity index (χ0n) is 12.2. The first-order valence-electron chi connectivity index (χ1n) is 7.27. The predicted molar refractivity (Wildman–Crippen MR) is 78.3 cm³/mol. The summed E-state index contributed by atoms with van der Waals surface area (Å²) in [5.41, 5.74) is 0.232. The van der Waals surface area contributed by atoms with Crippen molar-refractivity contribution in [3.63, 3.8) is 0 Å². The Morgan fingerprint density at radius 3 is 2.80 bits per heavy atom. The van der Waals surface area contributed by atoms with Crippen molar-refractivity contribution in [3.8, 4) is 5.75 Å². The highest BCUT2D eigenvalue weighted by Gasteiger charge is 2.25. The van der Waals surface area contributed by atoms with Gasteiger partial charge < -0.3 is 14.7 Å². The quantitative estimate of drug-likeness (QED) is 0.812. The van der Waals surface area contributed by atoms with Crippen LogP contribution in [0.3, 0.4) is 0 Å². The third kappa shape index (κ3) is 3.73. The molecule has 0 aliphatic carbocycles. The molecule has 0 saturated carbocycles. The van der Waals surface area contributed by atoms with Crippen LogP contribution in [-0.4, -0.2) is 41.7 Å². The van der Waals surface area contributed by atoms with Crippen LogP contribution in [0.5, 0.6) is 5.75 Å². The molecule has 1 aromatic carbocycles. The Labute approximate surface area is 120 Å². The summed E-state index contributed by atoms with van der Waals surface area (Å²) in [4.78, 5) is 13.5. The normalized spacial score (nSPS) is 22.9. The second kappa shape index (κ2) is 6.75. The molecule has 0 spiro atoms. The summed E-state index contributed by atoms with van der Waals surface area (Å²) in [5, 5.41) is 9.07. The van der Waals surface area contributed by atoms with Gasteiger partial charge in [-0.3, -0.25) is 0 Å². The Morgan fingerprint density at radius 1 is 1.40 bits per heavy atom. The number of hydrogen-bond donors (Lipinski definition) is 1. The third-order valence-electron chi connectivity index (χ3n) is 3.88. The lowest BCUT2D eigenvalue weighted by Crippen LogP contribution is -2.29. The molecule has 2 unspecified atom stereocenters. The molecule has 1 saturated heterocycles. The summed E-state index contributed by atoms with van der Waals surface area (Å²) >= 11 is 0. The summed E-state index contributed by atoms with van der Waals surface area (Å²) in [5.74, 6) is 0.295. The average molecular weight is 277 g/mol. The Bertz CT molecular complexity index is 461. The van der Waals surface area contributed by atoms with Crippen LogP contribution in [0.2, 0.25) is 0 Å². The van der Waals surface area contributed by atoms with Crippen molar-refractivity contribution in [1.82, 2.24) is 4.90 Å². The Hall–Kier alpha value is -1.55. The molecule has 1 heterocycles. The van der Waals surface area contributed by atoms with Gasteiger partial charge in [0, 0.05) is 19.1 Å². The molecule has 0 aromatic heterocycles. The van der Waals surface area contributed by atoms with E-state index in [4.69, 9.17) is 9.84 Å². The molecule has 0 amide bonds. The van der Waals surface area contributed by atoms with Gasteiger partial charge in [0.25, 0.3) is 0 Å². The highest BCUT2D eigenvalue weighted by molar-refractivity contribution is 5.90. The van der Waals surface area contributed by atoms with Gasteiger partial charge in [-0.05, 0) is 37.8 Å². The highest BCUT2D eigenvalue weighted by Crippen LogP contribution is 2.22. The van der Waals surface area contributed by atoms with Crippen LogP contribution in [0, 0.1) is 5.92 Å². The van der Waals surface area contributed by atoms with Crippen molar-refractivity contribution in [2.24, 2.45) is 5.92 Å². The van der Waals surface area contributed by atoms with Crippen LogP contribution in [-0.2, 0) is 0 Å². The molecule has 2 rings (SSSR count). The topological polar surface area (TPSA) is 49.8 Å². The minimum Gasteiger partial charge on any atom is -0.493 e. The van der Waals surface area contributed by atoms with E-state index in [-0.39, 0.29) is 5.56 Å². The summed E-state index contributed by atoms with van der Waals surface area (Å²) in [7, 11) is 0. The zero-order valence-corrected chi connectivity index (χ0v) is 12.2. The monoisotopic (exact) mass is 277 g/mol. The fraction of sp³-hybridized carbons (Fsp3) is 0.562. The zero-order chi connectivity index (χ0) is 14.5. The number of carboxylic acids is 1. The Morgan fingerprint density at radius 2 is 2.15 bits per heavy atom. The van der Waals surface area contributed by atoms with Gasteiger partial charge in [-0.15, -0.1) is 0 Å². The first-order chi connectivity index (χ1) is 9.58. The van der Waals surface area contributed by atoms with Gasteiger partial charge in [-0.25, -0.2) is 4.79 Å². The van der Waals surface area contributed by atoms with E-state index in [2.05, 4.69) is 18.7 Å². The molecule has 4 heteroatoms. The first kappa shape index (κ1) is 14.9. The molecule has 1 aromatic rings. The van der Waals surface area contributed by atoms with Crippen LogP contribution in [0.25, 0.3) is 0 Å². The maximum absolute atomic E-state index is 11.1. The van der Waals surface area contributed by atoms with E-state index in [1.807, 2.05) is 0 Å². The van der Waals surface area contributed by atoms with E-state index in [1.54, 1.807) is 24.3 Å². The SMILES string of the molecule is CC1CC(C)N(CCCOc2ccccc2C(=O)O)C1. The summed E-state index contributed by atoms with van der Waals surface area (Å²) in [6.45, 7) is 7.29. The summed E-state index contributed by atoms with van der Waals surface area (Å²) in [6.07, 6.45) is 2.19. The highest BCUT2D eigenvalue weighted by atomic mass is 16.5. The molecule has 110 valence electrons. The number of likely N-dealkylation sites (tertiary alicyclic amines) is 1. The van der Waals surface area contributed by atoms with Crippen molar-refractivity contribution in [2.75, 3.05) is 19.7 Å². The standard InChI is InChI=1S/C16H23NO3/c1-12-10-13(2)17(11-12)8-5-9-20-15-7-4-3-6-14(15)16(18)19/h3-4,6-7,12-13H,5,8-11H2,1-2H3,(H,18,19). The second-order valence-corrected chi connectivity index (χ2v) is 5.69. The fourth-order valence-electron chi connectivity index (χ4n) is 2.92. The molecule has 0 radical (unpaired) electrons. The van der Waals surface area contributed by atoms with Gasteiger partial charge in [0.05, 0.1) is 6.61 Å². The van der Waals surface area contributed by atoms with Gasteiger partial charge in [0.15, 0.2) is 0 Å². The van der Waals surface area contributed by atoms with Crippen molar-refractivity contribution in [2.45, 2.75) is 32.7 Å². The van der Waals surface area contributed by atoms with Gasteiger partial charge in [0.1, 0.15) is 11.3 Å². The molecule has 1 aliphatic rings. The van der Waals surface area contributed by atoms with Gasteiger partial charge in [-0.1, -0.05) is 19.1 Å². The van der Waals surface area contributed by atoms with E-state index in [1.165, 1.54) is 6.42 Å². The van der Waals surface area contributed by atoms with Crippen molar-refractivity contribution < 1.29 is 14.6 Å². The van der Waals surface area contributed by atoms with Gasteiger partial charge in [0.2, 0.25) is 0 Å². The maximum Gasteiger partial charge on any atom is 0.339 e. The smallest absolute Gasteiger partial charge is 0.339 e. The van der Waals surface area contributed by atoms with Crippen LogP contribution in [0.4, 0.5) is 0 Å². The van der Waals surface area contributed by atoms with E-state index in [0.717, 1.165) is 25.4 Å². The summed E-state index contributed by atoms with van der Waals surface area (Å²) < 4.78 is 5.61. The van der Waals surface area contributed by atoms with E-state index >= 15 is 0 Å². The van der Waals surface area contributed by atoms with Crippen LogP contribution >= 0.6 is 0 Å². The second-order valence-electron chi connectivity index (χ2n) is 5.69. The molecule has 1 fully saturated rings. The largest absolute Gasteiger partial charge is 0.493 e. The molecule has 1 aliphatic heterocycles. The van der Waals surface area contributed by atoms with Crippen molar-refractivity contribution >= 4 is 5.97 Å². The summed E-state index contributed by atoms with van der Waals surface area (Å²) in [6, 6.07) is 7.44. The molecule has 4 nitrogen and oxygen atoms in total.